The van der Waals surface area contributed by atoms with Crippen molar-refractivity contribution < 1.29 is 9.90 Å². The highest BCUT2D eigenvalue weighted by molar-refractivity contribution is 7.25. The average Bonchev–Trinajstić information content (AvgIpc) is 2.92. The predicted octanol–water partition coefficient (Wildman–Crippen LogP) is 4.34. The van der Waals surface area contributed by atoms with Crippen molar-refractivity contribution in [3.63, 3.8) is 0 Å². The molecule has 0 aliphatic rings. The Morgan fingerprint density at radius 2 is 2.00 bits per heavy atom. The molecule has 0 amide bonds. The fourth-order valence-electron chi connectivity index (χ4n) is 1.84. The number of thiophene rings is 1. The maximum absolute atomic E-state index is 11.0. The third kappa shape index (κ3) is 2.15. The molecule has 3 aromatic rings. The SMILES string of the molecule is Cc1cc(-c2nc3ccc(C(=O)O)cc3s2)sc1C. The van der Waals surface area contributed by atoms with Crippen molar-refractivity contribution in [3.05, 3.63) is 40.3 Å². The quantitative estimate of drug-likeness (QED) is 0.763. The van der Waals surface area contributed by atoms with Crippen molar-refractivity contribution in [1.82, 2.24) is 4.98 Å². The van der Waals surface area contributed by atoms with Crippen molar-refractivity contribution in [1.29, 1.82) is 0 Å². The van der Waals surface area contributed by atoms with Gasteiger partial charge in [-0.3, -0.25) is 0 Å². The van der Waals surface area contributed by atoms with E-state index in [9.17, 15) is 4.79 Å². The van der Waals surface area contributed by atoms with Crippen LogP contribution >= 0.6 is 22.7 Å². The molecule has 2 aromatic heterocycles. The summed E-state index contributed by atoms with van der Waals surface area (Å²) >= 11 is 3.26. The van der Waals surface area contributed by atoms with E-state index >= 15 is 0 Å². The van der Waals surface area contributed by atoms with E-state index in [0.717, 1.165) is 20.1 Å². The molecule has 0 radical (unpaired) electrons. The normalized spacial score (nSPS) is 11.1. The summed E-state index contributed by atoms with van der Waals surface area (Å²) in [4.78, 5) is 18.0. The smallest absolute Gasteiger partial charge is 0.335 e. The van der Waals surface area contributed by atoms with Gasteiger partial charge in [0.2, 0.25) is 0 Å². The number of aryl methyl sites for hydroxylation is 2. The van der Waals surface area contributed by atoms with Gasteiger partial charge < -0.3 is 5.11 Å². The summed E-state index contributed by atoms with van der Waals surface area (Å²) in [5.41, 5.74) is 2.43. The van der Waals surface area contributed by atoms with Crippen molar-refractivity contribution in [2.45, 2.75) is 13.8 Å². The van der Waals surface area contributed by atoms with Crippen LogP contribution in [-0.2, 0) is 0 Å². The van der Waals surface area contributed by atoms with E-state index in [4.69, 9.17) is 5.11 Å². The van der Waals surface area contributed by atoms with Gasteiger partial charge in [0.15, 0.2) is 0 Å². The lowest BCUT2D eigenvalue weighted by atomic mass is 10.2. The molecular weight excluding hydrogens is 278 g/mol. The maximum Gasteiger partial charge on any atom is 0.335 e. The molecular formula is C14H11NO2S2. The molecule has 1 N–H and O–H groups in total. The fourth-order valence-corrected chi connectivity index (χ4v) is 3.93. The highest BCUT2D eigenvalue weighted by Gasteiger charge is 2.11. The Kier molecular flexibility index (Phi) is 2.88. The number of carboxylic acids is 1. The Morgan fingerprint density at radius 1 is 1.21 bits per heavy atom. The van der Waals surface area contributed by atoms with Crippen LogP contribution in [0.2, 0.25) is 0 Å². The van der Waals surface area contributed by atoms with Crippen LogP contribution in [0.1, 0.15) is 20.8 Å². The van der Waals surface area contributed by atoms with E-state index in [2.05, 4.69) is 24.9 Å². The molecule has 0 saturated heterocycles. The largest absolute Gasteiger partial charge is 0.478 e. The molecule has 0 saturated carbocycles. The van der Waals surface area contributed by atoms with Crippen LogP contribution in [0.15, 0.2) is 24.3 Å². The zero-order valence-corrected chi connectivity index (χ0v) is 12.1. The molecule has 1 aromatic carbocycles. The molecule has 3 rings (SSSR count). The summed E-state index contributed by atoms with van der Waals surface area (Å²) < 4.78 is 0.915. The first-order valence-corrected chi connectivity index (χ1v) is 7.39. The Balaban J connectivity index is 2.13. The van der Waals surface area contributed by atoms with E-state index in [-0.39, 0.29) is 0 Å². The number of fused-ring (bicyclic) bond motifs is 1. The van der Waals surface area contributed by atoms with Crippen molar-refractivity contribution >= 4 is 38.9 Å². The first-order valence-electron chi connectivity index (χ1n) is 5.76. The van der Waals surface area contributed by atoms with Crippen molar-refractivity contribution in [3.8, 4) is 9.88 Å². The zero-order chi connectivity index (χ0) is 13.6. The number of carboxylic acid groups (broad SMARTS) is 1. The third-order valence-electron chi connectivity index (χ3n) is 3.01. The second-order valence-electron chi connectivity index (χ2n) is 4.36. The second-order valence-corrected chi connectivity index (χ2v) is 6.64. The van der Waals surface area contributed by atoms with Gasteiger partial charge in [-0.25, -0.2) is 9.78 Å². The van der Waals surface area contributed by atoms with E-state index < -0.39 is 5.97 Å². The van der Waals surface area contributed by atoms with Crippen LogP contribution in [0.3, 0.4) is 0 Å². The van der Waals surface area contributed by atoms with Gasteiger partial charge in [0.25, 0.3) is 0 Å². The summed E-state index contributed by atoms with van der Waals surface area (Å²) in [7, 11) is 0. The van der Waals surface area contributed by atoms with Crippen molar-refractivity contribution in [2.75, 3.05) is 0 Å². The van der Waals surface area contributed by atoms with Gasteiger partial charge in [-0.05, 0) is 43.7 Å². The van der Waals surface area contributed by atoms with Gasteiger partial charge in [0.1, 0.15) is 5.01 Å². The van der Waals surface area contributed by atoms with Crippen LogP contribution in [0.4, 0.5) is 0 Å². The first kappa shape index (κ1) is 12.3. The van der Waals surface area contributed by atoms with Gasteiger partial charge in [0.05, 0.1) is 20.7 Å². The Hall–Kier alpha value is -1.72. The Bertz CT molecular complexity index is 766. The summed E-state index contributed by atoms with van der Waals surface area (Å²) in [6.45, 7) is 4.19. The topological polar surface area (TPSA) is 50.2 Å². The molecule has 0 aliphatic carbocycles. The first-order chi connectivity index (χ1) is 9.04. The highest BCUT2D eigenvalue weighted by atomic mass is 32.1. The lowest BCUT2D eigenvalue weighted by Crippen LogP contribution is -1.94. The maximum atomic E-state index is 11.0. The molecule has 0 unspecified atom stereocenters. The van der Waals surface area contributed by atoms with Gasteiger partial charge >= 0.3 is 5.97 Å². The predicted molar refractivity (Wildman–Crippen MR) is 79.4 cm³/mol. The summed E-state index contributed by atoms with van der Waals surface area (Å²) in [5.74, 6) is -0.903. The number of hydrogen-bond donors (Lipinski definition) is 1. The number of aromatic nitrogens is 1. The van der Waals surface area contributed by atoms with Crippen LogP contribution in [0.25, 0.3) is 20.1 Å². The standard InChI is InChI=1S/C14H11NO2S2/c1-7-5-12(18-8(7)2)13-15-10-4-3-9(14(16)17)6-11(10)19-13/h3-6H,1-2H3,(H,16,17). The van der Waals surface area contributed by atoms with Gasteiger partial charge in [-0.15, -0.1) is 22.7 Å². The minimum Gasteiger partial charge on any atom is -0.478 e. The minimum absolute atomic E-state index is 0.307. The van der Waals surface area contributed by atoms with Crippen LogP contribution in [-0.4, -0.2) is 16.1 Å². The fraction of sp³-hybridized carbons (Fsp3) is 0.143. The second kappa shape index (κ2) is 4.43. The Labute approximate surface area is 118 Å². The minimum atomic E-state index is -0.903. The van der Waals surface area contributed by atoms with Gasteiger partial charge in [-0.1, -0.05) is 0 Å². The number of nitrogens with zero attached hydrogens (tertiary/aromatic N) is 1. The van der Waals surface area contributed by atoms with Crippen LogP contribution in [0, 0.1) is 13.8 Å². The molecule has 0 fully saturated rings. The number of rotatable bonds is 2. The zero-order valence-electron chi connectivity index (χ0n) is 10.4. The summed E-state index contributed by atoms with van der Waals surface area (Å²) in [5, 5.41) is 9.95. The average molecular weight is 289 g/mol. The number of hydrogen-bond acceptors (Lipinski definition) is 4. The van der Waals surface area contributed by atoms with E-state index in [0.29, 0.717) is 5.56 Å². The van der Waals surface area contributed by atoms with E-state index in [1.807, 2.05) is 0 Å². The number of carbonyl (C=O) groups is 1. The van der Waals surface area contributed by atoms with Gasteiger partial charge in [0, 0.05) is 4.88 Å². The van der Waals surface area contributed by atoms with Gasteiger partial charge in [-0.2, -0.15) is 0 Å². The molecule has 96 valence electrons. The lowest BCUT2D eigenvalue weighted by molar-refractivity contribution is 0.0697. The molecule has 5 heteroatoms. The Morgan fingerprint density at radius 3 is 2.63 bits per heavy atom. The number of aromatic carboxylic acids is 1. The molecule has 19 heavy (non-hydrogen) atoms. The summed E-state index contributed by atoms with van der Waals surface area (Å²) in [6.07, 6.45) is 0. The molecule has 0 spiro atoms. The number of thiazole rings is 1. The van der Waals surface area contributed by atoms with Crippen molar-refractivity contribution in [2.24, 2.45) is 0 Å². The molecule has 0 bridgehead atoms. The molecule has 0 atom stereocenters. The molecule has 2 heterocycles. The molecule has 3 nitrogen and oxygen atoms in total. The number of benzene rings is 1. The van der Waals surface area contributed by atoms with Crippen LogP contribution in [0.5, 0.6) is 0 Å². The van der Waals surface area contributed by atoms with E-state index in [1.165, 1.54) is 21.8 Å². The third-order valence-corrected chi connectivity index (χ3v) is 5.35. The lowest BCUT2D eigenvalue weighted by Gasteiger charge is -1.91. The molecule has 0 aliphatic heterocycles. The summed E-state index contributed by atoms with van der Waals surface area (Å²) in [6, 6.07) is 7.19. The van der Waals surface area contributed by atoms with E-state index in [1.54, 1.807) is 29.5 Å². The highest BCUT2D eigenvalue weighted by Crippen LogP contribution is 2.36. The van der Waals surface area contributed by atoms with Crippen LogP contribution < -0.4 is 0 Å². The monoisotopic (exact) mass is 289 g/mol.